The van der Waals surface area contributed by atoms with Crippen LogP contribution in [0.3, 0.4) is 0 Å². The molecule has 3 nitrogen and oxygen atoms in total. The molecule has 2 N–H and O–H groups in total. The first-order valence-corrected chi connectivity index (χ1v) is 9.50. The van der Waals surface area contributed by atoms with E-state index in [0.717, 1.165) is 54.5 Å². The summed E-state index contributed by atoms with van der Waals surface area (Å²) in [5.41, 5.74) is 3.69. The van der Waals surface area contributed by atoms with E-state index in [4.69, 9.17) is 0 Å². The van der Waals surface area contributed by atoms with E-state index >= 15 is 0 Å². The lowest BCUT2D eigenvalue weighted by molar-refractivity contribution is -0.121. The average molecular weight is 352 g/mol. The summed E-state index contributed by atoms with van der Waals surface area (Å²) in [4.78, 5) is 13.3. The van der Waals surface area contributed by atoms with E-state index in [2.05, 4.69) is 16.7 Å². The molecule has 2 aromatic rings. The van der Waals surface area contributed by atoms with Crippen LogP contribution in [0.5, 0.6) is 0 Å². The zero-order chi connectivity index (χ0) is 18.1. The lowest BCUT2D eigenvalue weighted by Crippen LogP contribution is -2.38. The van der Waals surface area contributed by atoms with Crippen LogP contribution < -0.4 is 10.6 Å². The lowest BCUT2D eigenvalue weighted by atomic mass is 9.77. The third-order valence-corrected chi connectivity index (χ3v) is 5.92. The van der Waals surface area contributed by atoms with Crippen molar-refractivity contribution in [2.24, 2.45) is 0 Å². The second kappa shape index (κ2) is 6.84. The summed E-state index contributed by atoms with van der Waals surface area (Å²) in [5, 5.41) is 6.18. The molecular weight excluding hydrogens is 327 g/mol. The van der Waals surface area contributed by atoms with E-state index in [1.807, 2.05) is 31.2 Å². The molecule has 0 atom stereocenters. The maximum atomic E-state index is 15.0. The Hall–Kier alpha value is -2.20. The topological polar surface area (TPSA) is 41.1 Å². The van der Waals surface area contributed by atoms with Crippen molar-refractivity contribution in [3.05, 3.63) is 64.5 Å². The number of carbonyl (C=O) groups excluding carboxylic acids is 1. The van der Waals surface area contributed by atoms with Gasteiger partial charge in [0.25, 0.3) is 0 Å². The predicted molar refractivity (Wildman–Crippen MR) is 102 cm³/mol. The van der Waals surface area contributed by atoms with Gasteiger partial charge in [-0.05, 0) is 55.5 Å². The normalized spacial score (nSPS) is 18.4. The molecule has 26 heavy (non-hydrogen) atoms. The minimum atomic E-state index is -0.546. The van der Waals surface area contributed by atoms with Crippen LogP contribution in [-0.4, -0.2) is 12.5 Å². The molecule has 136 valence electrons. The number of hydrogen-bond donors (Lipinski definition) is 2. The average Bonchev–Trinajstić information content (AvgIpc) is 3.15. The van der Waals surface area contributed by atoms with E-state index in [1.165, 1.54) is 0 Å². The van der Waals surface area contributed by atoms with Gasteiger partial charge in [0.2, 0.25) is 5.91 Å². The summed E-state index contributed by atoms with van der Waals surface area (Å²) in [6.07, 6.45) is 4.35. The number of fused-ring (bicyclic) bond motifs is 1. The number of aryl methyl sites for hydroxylation is 1. The molecule has 1 fully saturated rings. The maximum Gasteiger partial charge on any atom is 0.235 e. The molecule has 0 spiro atoms. The SMILES string of the molecule is Cc1cccc(C2(C(=O)Nc3ccc4c(c3F)CCNC4)CCCC2)c1. The van der Waals surface area contributed by atoms with Crippen LogP contribution in [0.1, 0.15) is 47.9 Å². The van der Waals surface area contributed by atoms with Crippen molar-refractivity contribution in [3.63, 3.8) is 0 Å². The van der Waals surface area contributed by atoms with Crippen LogP contribution in [-0.2, 0) is 23.2 Å². The fourth-order valence-corrected chi connectivity index (χ4v) is 4.44. The Labute approximate surface area is 154 Å². The zero-order valence-corrected chi connectivity index (χ0v) is 15.2. The molecule has 1 saturated carbocycles. The molecule has 4 rings (SSSR count). The number of rotatable bonds is 3. The van der Waals surface area contributed by atoms with Crippen molar-refractivity contribution in [2.45, 2.75) is 51.0 Å². The van der Waals surface area contributed by atoms with E-state index in [9.17, 15) is 9.18 Å². The van der Waals surface area contributed by atoms with Gasteiger partial charge in [-0.3, -0.25) is 4.79 Å². The largest absolute Gasteiger partial charge is 0.323 e. The van der Waals surface area contributed by atoms with Crippen molar-refractivity contribution in [3.8, 4) is 0 Å². The Morgan fingerprint density at radius 3 is 2.77 bits per heavy atom. The second-order valence-electron chi connectivity index (χ2n) is 7.60. The molecule has 0 bridgehead atoms. The zero-order valence-electron chi connectivity index (χ0n) is 15.2. The molecule has 1 heterocycles. The van der Waals surface area contributed by atoms with Crippen molar-refractivity contribution in [2.75, 3.05) is 11.9 Å². The van der Waals surface area contributed by atoms with Gasteiger partial charge in [0.15, 0.2) is 0 Å². The molecule has 2 aromatic carbocycles. The third-order valence-electron chi connectivity index (χ3n) is 5.92. The van der Waals surface area contributed by atoms with Crippen molar-refractivity contribution < 1.29 is 9.18 Å². The number of carbonyl (C=O) groups is 1. The Kier molecular flexibility index (Phi) is 4.53. The van der Waals surface area contributed by atoms with Gasteiger partial charge < -0.3 is 10.6 Å². The van der Waals surface area contributed by atoms with Crippen molar-refractivity contribution in [1.82, 2.24) is 5.32 Å². The third kappa shape index (κ3) is 2.92. The molecule has 4 heteroatoms. The summed E-state index contributed by atoms with van der Waals surface area (Å²) in [6, 6.07) is 11.8. The summed E-state index contributed by atoms with van der Waals surface area (Å²) < 4.78 is 15.0. The summed E-state index contributed by atoms with van der Waals surface area (Å²) >= 11 is 0. The standard InChI is InChI=1S/C22H25FN2O/c1-15-5-4-6-17(13-15)22(10-2-3-11-22)21(26)25-19-8-7-16-14-24-12-9-18(16)20(19)23/h4-8,13,24H,2-3,9-12,14H2,1H3,(H,25,26). The Bertz CT molecular complexity index is 840. The Morgan fingerprint density at radius 2 is 2.00 bits per heavy atom. The highest BCUT2D eigenvalue weighted by atomic mass is 19.1. The Balaban J connectivity index is 1.66. The van der Waals surface area contributed by atoms with Gasteiger partial charge in [0.05, 0.1) is 11.1 Å². The van der Waals surface area contributed by atoms with Gasteiger partial charge in [-0.2, -0.15) is 0 Å². The lowest BCUT2D eigenvalue weighted by Gasteiger charge is -2.29. The van der Waals surface area contributed by atoms with Crippen LogP contribution in [0.15, 0.2) is 36.4 Å². The highest BCUT2D eigenvalue weighted by Crippen LogP contribution is 2.42. The van der Waals surface area contributed by atoms with Gasteiger partial charge in [-0.1, -0.05) is 48.7 Å². The van der Waals surface area contributed by atoms with Crippen LogP contribution >= 0.6 is 0 Å². The molecule has 0 unspecified atom stereocenters. The first-order valence-electron chi connectivity index (χ1n) is 9.50. The second-order valence-corrected chi connectivity index (χ2v) is 7.60. The van der Waals surface area contributed by atoms with Crippen molar-refractivity contribution in [1.29, 1.82) is 0 Å². The molecule has 1 aliphatic carbocycles. The van der Waals surface area contributed by atoms with Gasteiger partial charge >= 0.3 is 0 Å². The number of benzene rings is 2. The van der Waals surface area contributed by atoms with Gasteiger partial charge in [-0.25, -0.2) is 4.39 Å². The Morgan fingerprint density at radius 1 is 1.19 bits per heavy atom. The maximum absolute atomic E-state index is 15.0. The van der Waals surface area contributed by atoms with Crippen LogP contribution in [0.2, 0.25) is 0 Å². The highest BCUT2D eigenvalue weighted by molar-refractivity contribution is 5.99. The van der Waals surface area contributed by atoms with Crippen molar-refractivity contribution >= 4 is 11.6 Å². The van der Waals surface area contributed by atoms with Crippen LogP contribution in [0.25, 0.3) is 0 Å². The van der Waals surface area contributed by atoms with E-state index < -0.39 is 5.41 Å². The van der Waals surface area contributed by atoms with Gasteiger partial charge in [0, 0.05) is 6.54 Å². The van der Waals surface area contributed by atoms with Gasteiger partial charge in [-0.15, -0.1) is 0 Å². The van der Waals surface area contributed by atoms with Crippen LogP contribution in [0, 0.1) is 12.7 Å². The highest BCUT2D eigenvalue weighted by Gasteiger charge is 2.43. The van der Waals surface area contributed by atoms with E-state index in [0.29, 0.717) is 18.7 Å². The van der Waals surface area contributed by atoms with E-state index in [1.54, 1.807) is 6.07 Å². The minimum Gasteiger partial charge on any atom is -0.323 e. The number of amides is 1. The van der Waals surface area contributed by atoms with E-state index in [-0.39, 0.29) is 11.7 Å². The minimum absolute atomic E-state index is 0.0756. The molecule has 0 radical (unpaired) electrons. The fourth-order valence-electron chi connectivity index (χ4n) is 4.44. The first-order chi connectivity index (χ1) is 12.6. The molecule has 0 saturated heterocycles. The quantitative estimate of drug-likeness (QED) is 0.868. The monoisotopic (exact) mass is 352 g/mol. The molecule has 1 aliphatic heterocycles. The fraction of sp³-hybridized carbons (Fsp3) is 0.409. The summed E-state index contributed by atoms with van der Waals surface area (Å²) in [6.45, 7) is 3.50. The van der Waals surface area contributed by atoms with Crippen LogP contribution in [0.4, 0.5) is 10.1 Å². The number of halogens is 1. The first kappa shape index (κ1) is 17.2. The molecular formula is C22H25FN2O. The predicted octanol–water partition coefficient (Wildman–Crippen LogP) is 4.23. The number of anilines is 1. The summed E-state index contributed by atoms with van der Waals surface area (Å²) in [7, 11) is 0. The number of hydrogen-bond acceptors (Lipinski definition) is 2. The number of nitrogens with one attached hydrogen (secondary N) is 2. The van der Waals surface area contributed by atoms with Gasteiger partial charge in [0.1, 0.15) is 5.82 Å². The molecule has 2 aliphatic rings. The molecule has 0 aromatic heterocycles. The summed E-state index contributed by atoms with van der Waals surface area (Å²) in [5.74, 6) is -0.344. The molecule has 1 amide bonds. The smallest absolute Gasteiger partial charge is 0.235 e.